The summed E-state index contributed by atoms with van der Waals surface area (Å²) in [7, 11) is -2.75. The van der Waals surface area contributed by atoms with E-state index in [1.807, 2.05) is 6.92 Å². The Morgan fingerprint density at radius 1 is 1.40 bits per heavy atom. The van der Waals surface area contributed by atoms with E-state index in [2.05, 4.69) is 0 Å². The fraction of sp³-hybridized carbons (Fsp3) is 0.538. The summed E-state index contributed by atoms with van der Waals surface area (Å²) in [5, 5.41) is 8.97. The molecule has 0 spiro atoms. The van der Waals surface area contributed by atoms with Gasteiger partial charge >= 0.3 is 0 Å². The Hall–Kier alpha value is -1.05. The summed E-state index contributed by atoms with van der Waals surface area (Å²) in [5.74, 6) is -1.96. The molecule has 20 heavy (non-hydrogen) atoms. The van der Waals surface area contributed by atoms with Crippen molar-refractivity contribution in [3.05, 3.63) is 29.3 Å². The smallest absolute Gasteiger partial charge is 0.245 e. The van der Waals surface area contributed by atoms with E-state index < -0.39 is 33.2 Å². The molecule has 112 valence electrons. The van der Waals surface area contributed by atoms with E-state index in [0.717, 1.165) is 22.9 Å². The molecule has 0 amide bonds. The van der Waals surface area contributed by atoms with Crippen LogP contribution in [-0.4, -0.2) is 31.4 Å². The van der Waals surface area contributed by atoms with Gasteiger partial charge in [-0.3, -0.25) is 0 Å². The fourth-order valence-corrected chi connectivity index (χ4v) is 3.49. The Morgan fingerprint density at radius 3 is 2.50 bits per heavy atom. The average molecular weight is 305 g/mol. The Morgan fingerprint density at radius 2 is 2.00 bits per heavy atom. The van der Waals surface area contributed by atoms with Crippen molar-refractivity contribution in [1.82, 2.24) is 4.31 Å². The molecule has 2 rings (SSSR count). The van der Waals surface area contributed by atoms with Gasteiger partial charge in [0.25, 0.3) is 0 Å². The second kappa shape index (κ2) is 5.38. The molecule has 1 fully saturated rings. The van der Waals surface area contributed by atoms with E-state index in [-0.39, 0.29) is 18.0 Å². The van der Waals surface area contributed by atoms with Crippen LogP contribution in [0.15, 0.2) is 17.0 Å². The third-order valence-electron chi connectivity index (χ3n) is 3.69. The quantitative estimate of drug-likeness (QED) is 0.901. The number of benzene rings is 1. The molecular formula is C13H17F2NO3S. The number of hydrogen-bond acceptors (Lipinski definition) is 3. The van der Waals surface area contributed by atoms with Crippen LogP contribution in [0.4, 0.5) is 8.78 Å². The maximum absolute atomic E-state index is 13.7. The minimum atomic E-state index is -4.10. The first-order chi connectivity index (χ1) is 9.27. The molecule has 1 aliphatic rings. The summed E-state index contributed by atoms with van der Waals surface area (Å²) in [6.45, 7) is 1.74. The molecule has 0 aliphatic heterocycles. The zero-order valence-electron chi connectivity index (χ0n) is 11.3. The van der Waals surface area contributed by atoms with Crippen LogP contribution in [-0.2, 0) is 16.6 Å². The van der Waals surface area contributed by atoms with E-state index in [1.165, 1.54) is 7.05 Å². The van der Waals surface area contributed by atoms with Gasteiger partial charge in [0.15, 0.2) is 11.6 Å². The van der Waals surface area contributed by atoms with Crippen LogP contribution in [0.5, 0.6) is 0 Å². The molecule has 1 aromatic carbocycles. The van der Waals surface area contributed by atoms with Crippen LogP contribution < -0.4 is 0 Å². The largest absolute Gasteiger partial charge is 0.392 e. The summed E-state index contributed by atoms with van der Waals surface area (Å²) in [6, 6.07) is 1.76. The number of sulfonamides is 1. The number of halogens is 2. The van der Waals surface area contributed by atoms with Crippen molar-refractivity contribution in [3.8, 4) is 0 Å². The first-order valence-electron chi connectivity index (χ1n) is 6.32. The summed E-state index contributed by atoms with van der Waals surface area (Å²) < 4.78 is 52.7. The summed E-state index contributed by atoms with van der Waals surface area (Å²) >= 11 is 0. The van der Waals surface area contributed by atoms with Crippen molar-refractivity contribution in [2.45, 2.75) is 24.8 Å². The molecule has 0 radical (unpaired) electrons. The number of aliphatic hydroxyl groups excluding tert-OH is 1. The first kappa shape index (κ1) is 15.3. The molecule has 4 nitrogen and oxygen atoms in total. The molecule has 7 heteroatoms. The lowest BCUT2D eigenvalue weighted by Gasteiger charge is -2.18. The molecule has 0 saturated heterocycles. The van der Waals surface area contributed by atoms with Gasteiger partial charge in [0, 0.05) is 13.6 Å². The third-order valence-corrected chi connectivity index (χ3v) is 5.52. The number of hydrogen-bond donors (Lipinski definition) is 1. The van der Waals surface area contributed by atoms with Gasteiger partial charge in [-0.15, -0.1) is 0 Å². The maximum Gasteiger partial charge on any atom is 0.245 e. The van der Waals surface area contributed by atoms with E-state index >= 15 is 0 Å². The van der Waals surface area contributed by atoms with Gasteiger partial charge in [0.2, 0.25) is 10.0 Å². The van der Waals surface area contributed by atoms with Crippen LogP contribution in [0, 0.1) is 23.5 Å². The molecule has 2 atom stereocenters. The lowest BCUT2D eigenvalue weighted by molar-refractivity contribution is 0.280. The fourth-order valence-electron chi connectivity index (χ4n) is 2.15. The SMILES string of the molecule is CC1CC1CN(C)S(=O)(=O)c1cc(CO)cc(F)c1F. The van der Waals surface area contributed by atoms with Gasteiger partial charge in [-0.1, -0.05) is 6.92 Å². The van der Waals surface area contributed by atoms with E-state index in [9.17, 15) is 17.2 Å². The first-order valence-corrected chi connectivity index (χ1v) is 7.76. The average Bonchev–Trinajstić information content (AvgIpc) is 3.07. The second-order valence-corrected chi connectivity index (χ2v) is 7.32. The lowest BCUT2D eigenvalue weighted by atomic mass is 10.2. The molecule has 1 saturated carbocycles. The summed E-state index contributed by atoms with van der Waals surface area (Å²) in [4.78, 5) is -0.725. The monoisotopic (exact) mass is 305 g/mol. The van der Waals surface area contributed by atoms with Gasteiger partial charge in [-0.25, -0.2) is 21.5 Å². The second-order valence-electron chi connectivity index (χ2n) is 5.31. The molecule has 2 unspecified atom stereocenters. The number of aliphatic hydroxyl groups is 1. The van der Waals surface area contributed by atoms with Crippen LogP contribution >= 0.6 is 0 Å². The van der Waals surface area contributed by atoms with Crippen molar-refractivity contribution in [3.63, 3.8) is 0 Å². The highest BCUT2D eigenvalue weighted by molar-refractivity contribution is 7.89. The van der Waals surface area contributed by atoms with E-state index in [4.69, 9.17) is 5.11 Å². The Kier molecular flexibility index (Phi) is 4.13. The normalized spacial score (nSPS) is 22.3. The molecule has 1 aromatic rings. The van der Waals surface area contributed by atoms with Crippen molar-refractivity contribution in [2.75, 3.05) is 13.6 Å². The topological polar surface area (TPSA) is 57.6 Å². The van der Waals surface area contributed by atoms with Gasteiger partial charge in [-0.05, 0) is 36.0 Å². The van der Waals surface area contributed by atoms with Gasteiger partial charge in [-0.2, -0.15) is 0 Å². The maximum atomic E-state index is 13.7. The molecule has 0 aromatic heterocycles. The molecule has 0 bridgehead atoms. The van der Waals surface area contributed by atoms with E-state index in [0.29, 0.717) is 5.92 Å². The number of rotatable bonds is 5. The van der Waals surface area contributed by atoms with Crippen LogP contribution in [0.1, 0.15) is 18.9 Å². The lowest BCUT2D eigenvalue weighted by Crippen LogP contribution is -2.30. The van der Waals surface area contributed by atoms with Crippen LogP contribution in [0.2, 0.25) is 0 Å². The predicted octanol–water partition coefficient (Wildman–Crippen LogP) is 1.73. The highest BCUT2D eigenvalue weighted by Crippen LogP contribution is 2.39. The highest BCUT2D eigenvalue weighted by Gasteiger charge is 2.37. The van der Waals surface area contributed by atoms with Crippen LogP contribution in [0.3, 0.4) is 0 Å². The van der Waals surface area contributed by atoms with Gasteiger partial charge in [0.1, 0.15) is 4.90 Å². The Bertz CT molecular complexity index is 618. The van der Waals surface area contributed by atoms with Crippen molar-refractivity contribution in [2.24, 2.45) is 11.8 Å². The van der Waals surface area contributed by atoms with Gasteiger partial charge < -0.3 is 5.11 Å². The minimum absolute atomic E-state index is 0.0238. The summed E-state index contributed by atoms with van der Waals surface area (Å²) in [5.41, 5.74) is 0.0238. The zero-order chi connectivity index (χ0) is 15.1. The van der Waals surface area contributed by atoms with Crippen molar-refractivity contribution in [1.29, 1.82) is 0 Å². The standard InChI is InChI=1S/C13H17F2NO3S/c1-8-3-10(8)6-16(2)20(18,19)12-5-9(7-17)4-11(14)13(12)15/h4-5,8,10,17H,3,6-7H2,1-2H3. The molecule has 0 heterocycles. The molecular weight excluding hydrogens is 288 g/mol. The minimum Gasteiger partial charge on any atom is -0.392 e. The van der Waals surface area contributed by atoms with Gasteiger partial charge in [0.05, 0.1) is 6.61 Å². The van der Waals surface area contributed by atoms with Crippen LogP contribution in [0.25, 0.3) is 0 Å². The van der Waals surface area contributed by atoms with Crippen molar-refractivity contribution < 1.29 is 22.3 Å². The predicted molar refractivity (Wildman–Crippen MR) is 69.4 cm³/mol. The Labute approximate surface area is 117 Å². The zero-order valence-corrected chi connectivity index (χ0v) is 12.1. The van der Waals surface area contributed by atoms with E-state index in [1.54, 1.807) is 0 Å². The molecule has 1 N–H and O–H groups in total. The number of nitrogens with zero attached hydrogens (tertiary/aromatic N) is 1. The Balaban J connectivity index is 2.35. The third kappa shape index (κ3) is 2.84. The molecule has 1 aliphatic carbocycles. The highest BCUT2D eigenvalue weighted by atomic mass is 32.2. The summed E-state index contributed by atoms with van der Waals surface area (Å²) in [6.07, 6.45) is 0.938. The van der Waals surface area contributed by atoms with Crippen molar-refractivity contribution >= 4 is 10.0 Å².